The summed E-state index contributed by atoms with van der Waals surface area (Å²) in [6.07, 6.45) is 0.786. The molecule has 0 atom stereocenters. The first-order valence-electron chi connectivity index (χ1n) is 10.4. The van der Waals surface area contributed by atoms with Crippen molar-refractivity contribution in [2.75, 3.05) is 6.61 Å². The average molecular weight is 434 g/mol. The van der Waals surface area contributed by atoms with Gasteiger partial charge in [-0.3, -0.25) is 10.1 Å². The summed E-state index contributed by atoms with van der Waals surface area (Å²) in [5, 5.41) is 11.6. The zero-order valence-electron chi connectivity index (χ0n) is 18.8. The number of rotatable bonds is 7. The van der Waals surface area contributed by atoms with Crippen molar-refractivity contribution in [1.29, 1.82) is 0 Å². The van der Waals surface area contributed by atoms with Gasteiger partial charge in [-0.1, -0.05) is 56.7 Å². The lowest BCUT2D eigenvalue weighted by Gasteiger charge is -2.18. The fraction of sp³-hybridized carbons (Fsp3) is 0.269. The van der Waals surface area contributed by atoms with Crippen molar-refractivity contribution < 1.29 is 19.2 Å². The Kier molecular flexibility index (Phi) is 6.93. The molecule has 0 spiro atoms. The minimum atomic E-state index is -0.440. The van der Waals surface area contributed by atoms with E-state index < -0.39 is 10.9 Å². The normalized spacial score (nSPS) is 11.1. The van der Waals surface area contributed by atoms with Crippen LogP contribution >= 0.6 is 0 Å². The quantitative estimate of drug-likeness (QED) is 0.181. The number of carbonyl (C=O) groups is 1. The maximum atomic E-state index is 12.3. The molecule has 0 aliphatic rings. The highest BCUT2D eigenvalue weighted by atomic mass is 16.6. The van der Waals surface area contributed by atoms with E-state index in [1.54, 1.807) is 48.5 Å². The van der Waals surface area contributed by atoms with Crippen LogP contribution in [0.5, 0.6) is 11.5 Å². The molecule has 0 N–H and O–H groups in total. The van der Waals surface area contributed by atoms with Crippen molar-refractivity contribution in [3.05, 3.63) is 88.0 Å². The summed E-state index contributed by atoms with van der Waals surface area (Å²) in [6, 6.07) is 18.9. The summed E-state index contributed by atoms with van der Waals surface area (Å²) in [5.41, 5.74) is 2.98. The van der Waals surface area contributed by atoms with Gasteiger partial charge < -0.3 is 9.47 Å². The molecule has 0 aliphatic heterocycles. The van der Waals surface area contributed by atoms with Crippen molar-refractivity contribution in [1.82, 2.24) is 0 Å². The van der Waals surface area contributed by atoms with Crippen molar-refractivity contribution in [3.63, 3.8) is 0 Å². The predicted molar refractivity (Wildman–Crippen MR) is 124 cm³/mol. The van der Waals surface area contributed by atoms with Gasteiger partial charge in [0.2, 0.25) is 0 Å². The third-order valence-corrected chi connectivity index (χ3v) is 4.95. The molecule has 0 heterocycles. The zero-order chi connectivity index (χ0) is 23.3. The standard InChI is InChI=1S/C26H27NO5/c1-18-5-7-20(8-6-18)25(28)32-22-12-9-19(10-13-22)21-11-14-24(23(17-21)27(29)30)31-16-15-26(2,3)4/h5-14,17H,15-16H2,1-4H3. The number of esters is 1. The van der Waals surface area contributed by atoms with E-state index in [1.807, 2.05) is 19.1 Å². The number of nitro groups is 1. The number of nitrogens with zero attached hydrogens (tertiary/aromatic N) is 1. The molecule has 3 aromatic carbocycles. The number of nitro benzene ring substituents is 1. The van der Waals surface area contributed by atoms with Crippen molar-refractivity contribution >= 4 is 11.7 Å². The summed E-state index contributed by atoms with van der Waals surface area (Å²) in [6.45, 7) is 8.63. The summed E-state index contributed by atoms with van der Waals surface area (Å²) >= 11 is 0. The van der Waals surface area contributed by atoms with Crippen LogP contribution in [-0.2, 0) is 0 Å². The first kappa shape index (κ1) is 23.0. The highest BCUT2D eigenvalue weighted by Crippen LogP contribution is 2.33. The SMILES string of the molecule is Cc1ccc(C(=O)Oc2ccc(-c3ccc(OCCC(C)(C)C)c([N+](=O)[O-])c3)cc2)cc1. The molecule has 3 rings (SSSR count). The fourth-order valence-corrected chi connectivity index (χ4v) is 3.00. The molecule has 0 saturated carbocycles. The summed E-state index contributed by atoms with van der Waals surface area (Å²) in [4.78, 5) is 23.4. The van der Waals surface area contributed by atoms with Gasteiger partial charge in [0.1, 0.15) is 5.75 Å². The van der Waals surface area contributed by atoms with Crippen LogP contribution in [0.25, 0.3) is 11.1 Å². The lowest BCUT2D eigenvalue weighted by Crippen LogP contribution is -2.11. The highest BCUT2D eigenvalue weighted by molar-refractivity contribution is 5.91. The third-order valence-electron chi connectivity index (χ3n) is 4.95. The zero-order valence-corrected chi connectivity index (χ0v) is 18.8. The second-order valence-corrected chi connectivity index (χ2v) is 8.88. The van der Waals surface area contributed by atoms with Crippen molar-refractivity contribution in [3.8, 4) is 22.6 Å². The topological polar surface area (TPSA) is 78.7 Å². The highest BCUT2D eigenvalue weighted by Gasteiger charge is 2.18. The fourth-order valence-electron chi connectivity index (χ4n) is 3.00. The largest absolute Gasteiger partial charge is 0.487 e. The molecular weight excluding hydrogens is 406 g/mol. The Balaban J connectivity index is 1.73. The summed E-state index contributed by atoms with van der Waals surface area (Å²) < 4.78 is 11.1. The smallest absolute Gasteiger partial charge is 0.343 e. The second kappa shape index (κ2) is 9.64. The first-order chi connectivity index (χ1) is 15.1. The molecule has 6 nitrogen and oxygen atoms in total. The number of benzene rings is 3. The monoisotopic (exact) mass is 433 g/mol. The third kappa shape index (κ3) is 6.17. The van der Waals surface area contributed by atoms with Crippen LogP contribution in [0.4, 0.5) is 5.69 Å². The average Bonchev–Trinajstić information content (AvgIpc) is 2.74. The Labute approximate surface area is 188 Å². The lowest BCUT2D eigenvalue weighted by atomic mass is 9.93. The van der Waals surface area contributed by atoms with Crippen molar-refractivity contribution in [2.45, 2.75) is 34.1 Å². The van der Waals surface area contributed by atoms with Gasteiger partial charge in [-0.15, -0.1) is 0 Å². The predicted octanol–water partition coefficient (Wildman–Crippen LogP) is 6.60. The van der Waals surface area contributed by atoms with Crippen LogP contribution in [0.3, 0.4) is 0 Å². The van der Waals surface area contributed by atoms with Gasteiger partial charge >= 0.3 is 11.7 Å². The molecule has 166 valence electrons. The molecule has 6 heteroatoms. The van der Waals surface area contributed by atoms with Gasteiger partial charge in [-0.05, 0) is 60.2 Å². The van der Waals surface area contributed by atoms with Crippen LogP contribution in [0.15, 0.2) is 66.7 Å². The number of hydrogen-bond acceptors (Lipinski definition) is 5. The summed E-state index contributed by atoms with van der Waals surface area (Å²) in [7, 11) is 0. The van der Waals surface area contributed by atoms with E-state index in [4.69, 9.17) is 9.47 Å². The Morgan fingerprint density at radius 3 is 2.16 bits per heavy atom. The number of ether oxygens (including phenoxy) is 2. The van der Waals surface area contributed by atoms with E-state index in [0.29, 0.717) is 23.5 Å². The molecule has 0 fully saturated rings. The van der Waals surface area contributed by atoms with Gasteiger partial charge in [0, 0.05) is 6.07 Å². The van der Waals surface area contributed by atoms with Gasteiger partial charge in [-0.25, -0.2) is 4.79 Å². The van der Waals surface area contributed by atoms with E-state index in [0.717, 1.165) is 17.5 Å². The Bertz CT molecular complexity index is 1100. The van der Waals surface area contributed by atoms with E-state index in [-0.39, 0.29) is 16.9 Å². The van der Waals surface area contributed by atoms with E-state index >= 15 is 0 Å². The van der Waals surface area contributed by atoms with Gasteiger partial charge in [0.15, 0.2) is 5.75 Å². The maximum absolute atomic E-state index is 12.3. The molecule has 3 aromatic rings. The minimum Gasteiger partial charge on any atom is -0.487 e. The number of aryl methyl sites for hydroxylation is 1. The number of carbonyl (C=O) groups excluding carboxylic acids is 1. The van der Waals surface area contributed by atoms with Crippen molar-refractivity contribution in [2.24, 2.45) is 5.41 Å². The number of hydrogen-bond donors (Lipinski definition) is 0. The van der Waals surface area contributed by atoms with Crippen LogP contribution in [0, 0.1) is 22.5 Å². The first-order valence-corrected chi connectivity index (χ1v) is 10.4. The second-order valence-electron chi connectivity index (χ2n) is 8.88. The summed E-state index contributed by atoms with van der Waals surface area (Å²) in [5.74, 6) is 0.216. The van der Waals surface area contributed by atoms with Crippen LogP contribution < -0.4 is 9.47 Å². The Hall–Kier alpha value is -3.67. The molecule has 0 aromatic heterocycles. The maximum Gasteiger partial charge on any atom is 0.343 e. The molecule has 0 bridgehead atoms. The van der Waals surface area contributed by atoms with Gasteiger partial charge in [0.05, 0.1) is 17.1 Å². The van der Waals surface area contributed by atoms with E-state index in [1.165, 1.54) is 6.07 Å². The van der Waals surface area contributed by atoms with Gasteiger partial charge in [-0.2, -0.15) is 0 Å². The van der Waals surface area contributed by atoms with Crippen LogP contribution in [0.2, 0.25) is 0 Å². The molecular formula is C26H27NO5. The molecule has 0 unspecified atom stereocenters. The lowest BCUT2D eigenvalue weighted by molar-refractivity contribution is -0.385. The molecule has 0 saturated heterocycles. The molecule has 32 heavy (non-hydrogen) atoms. The van der Waals surface area contributed by atoms with Crippen LogP contribution in [0.1, 0.15) is 43.1 Å². The van der Waals surface area contributed by atoms with Crippen LogP contribution in [-0.4, -0.2) is 17.5 Å². The van der Waals surface area contributed by atoms with E-state index in [2.05, 4.69) is 20.8 Å². The van der Waals surface area contributed by atoms with E-state index in [9.17, 15) is 14.9 Å². The minimum absolute atomic E-state index is 0.0775. The molecule has 0 radical (unpaired) electrons. The molecule has 0 aliphatic carbocycles. The van der Waals surface area contributed by atoms with Gasteiger partial charge in [0.25, 0.3) is 0 Å². The molecule has 0 amide bonds. The Morgan fingerprint density at radius 2 is 1.56 bits per heavy atom. The Morgan fingerprint density at radius 1 is 0.938 bits per heavy atom.